The summed E-state index contributed by atoms with van der Waals surface area (Å²) in [5, 5.41) is 5.42. The Morgan fingerprint density at radius 3 is 2.10 bits per heavy atom. The van der Waals surface area contributed by atoms with Crippen molar-refractivity contribution in [2.45, 2.75) is 46.2 Å². The Labute approximate surface area is 305 Å². The predicted molar refractivity (Wildman–Crippen MR) is 197 cm³/mol. The number of carbonyl (C=O) groups is 2. The van der Waals surface area contributed by atoms with E-state index in [4.69, 9.17) is 27.8 Å². The van der Waals surface area contributed by atoms with E-state index in [9.17, 15) is 31.2 Å². The minimum absolute atomic E-state index is 0.0223. The van der Waals surface area contributed by atoms with Crippen molar-refractivity contribution in [3.63, 3.8) is 0 Å². The number of allylic oxidation sites excluding steroid dienone is 1. The third-order valence-electron chi connectivity index (χ3n) is 7.89. The minimum Gasteiger partial charge on any atom is -0.351 e. The van der Waals surface area contributed by atoms with Gasteiger partial charge in [-0.1, -0.05) is 98.6 Å². The summed E-state index contributed by atoms with van der Waals surface area (Å²) in [6.07, 6.45) is -0.221. The molecule has 1 unspecified atom stereocenters. The summed E-state index contributed by atoms with van der Waals surface area (Å²) in [7, 11) is -4.22. The van der Waals surface area contributed by atoms with Crippen molar-refractivity contribution >= 4 is 56.9 Å². The third kappa shape index (κ3) is 11.4. The molecular formula is C38H37Cl2F3N2O5S. The predicted octanol–water partition coefficient (Wildman–Crippen LogP) is 9.63. The molecule has 51 heavy (non-hydrogen) atoms. The number of nitrogens with one attached hydrogen (secondary N) is 2. The van der Waals surface area contributed by atoms with Gasteiger partial charge in [-0.3, -0.25) is 14.1 Å². The molecule has 7 nitrogen and oxygen atoms in total. The van der Waals surface area contributed by atoms with Gasteiger partial charge >= 0.3 is 6.18 Å². The zero-order valence-corrected chi connectivity index (χ0v) is 30.6. The fourth-order valence-corrected chi connectivity index (χ4v) is 6.02. The maximum Gasteiger partial charge on any atom is 0.416 e. The van der Waals surface area contributed by atoms with Crippen molar-refractivity contribution < 1.29 is 35.7 Å². The molecular weight excluding hydrogens is 724 g/mol. The van der Waals surface area contributed by atoms with E-state index in [0.717, 1.165) is 23.3 Å². The van der Waals surface area contributed by atoms with E-state index >= 15 is 0 Å². The van der Waals surface area contributed by atoms with Crippen molar-refractivity contribution in [3.05, 3.63) is 128 Å². The summed E-state index contributed by atoms with van der Waals surface area (Å²) in [5.74, 6) is -2.22. The van der Waals surface area contributed by atoms with Crippen LogP contribution in [0.5, 0.6) is 0 Å². The second-order valence-corrected chi connectivity index (χ2v) is 15.6. The zero-order valence-electron chi connectivity index (χ0n) is 28.2. The van der Waals surface area contributed by atoms with E-state index < -0.39 is 39.4 Å². The average Bonchev–Trinajstić information content (AvgIpc) is 3.03. The van der Waals surface area contributed by atoms with Crippen LogP contribution in [0.3, 0.4) is 0 Å². The fourth-order valence-electron chi connectivity index (χ4n) is 5.17. The highest BCUT2D eigenvalue weighted by Gasteiger charge is 2.31. The number of aryl methyl sites for hydroxylation is 1. The SMILES string of the molecule is Cc1cc(NC(=O)C(Cc2ccc(C(=O)NCCS(=O)(=O)O)cc2)c2ccc(C=CC(C)(C)C)cc2)c(Cl)cc1-c1ccc(C(F)(F)F)cc1Cl. The number of amides is 2. The molecule has 1 atom stereocenters. The van der Waals surface area contributed by atoms with E-state index in [2.05, 4.69) is 37.5 Å². The lowest BCUT2D eigenvalue weighted by Gasteiger charge is -2.20. The maximum absolute atomic E-state index is 14.0. The molecule has 4 aromatic rings. The molecule has 270 valence electrons. The van der Waals surface area contributed by atoms with Crippen molar-refractivity contribution in [2.24, 2.45) is 5.41 Å². The van der Waals surface area contributed by atoms with Crippen molar-refractivity contribution in [1.82, 2.24) is 5.32 Å². The van der Waals surface area contributed by atoms with Crippen LogP contribution in [-0.2, 0) is 27.5 Å². The van der Waals surface area contributed by atoms with Gasteiger partial charge in [0.15, 0.2) is 0 Å². The second kappa shape index (κ2) is 16.0. The monoisotopic (exact) mass is 760 g/mol. The van der Waals surface area contributed by atoms with Crippen LogP contribution < -0.4 is 10.6 Å². The quantitative estimate of drug-likeness (QED) is 0.132. The molecule has 2 amide bonds. The first kappa shape index (κ1) is 39.6. The summed E-state index contributed by atoms with van der Waals surface area (Å²) in [5.41, 5.74) is 3.56. The molecule has 0 aliphatic heterocycles. The highest BCUT2D eigenvalue weighted by atomic mass is 35.5. The highest BCUT2D eigenvalue weighted by Crippen LogP contribution is 2.39. The first-order valence-corrected chi connectivity index (χ1v) is 18.2. The summed E-state index contributed by atoms with van der Waals surface area (Å²) in [6, 6.07) is 20.3. The topological polar surface area (TPSA) is 113 Å². The summed E-state index contributed by atoms with van der Waals surface area (Å²) >= 11 is 12.9. The Balaban J connectivity index is 1.61. The molecule has 0 radical (unpaired) electrons. The molecule has 0 aliphatic carbocycles. The minimum atomic E-state index is -4.55. The first-order valence-electron chi connectivity index (χ1n) is 15.8. The van der Waals surface area contributed by atoms with Gasteiger partial charge in [-0.25, -0.2) is 0 Å². The van der Waals surface area contributed by atoms with Crippen molar-refractivity contribution in [2.75, 3.05) is 17.6 Å². The lowest BCUT2D eigenvalue weighted by atomic mass is 9.89. The number of rotatable bonds is 11. The van der Waals surface area contributed by atoms with Gasteiger partial charge < -0.3 is 10.6 Å². The van der Waals surface area contributed by atoms with Gasteiger partial charge in [0.2, 0.25) is 5.91 Å². The summed E-state index contributed by atoms with van der Waals surface area (Å²) in [6.45, 7) is 7.73. The van der Waals surface area contributed by atoms with E-state index in [1.165, 1.54) is 6.07 Å². The second-order valence-electron chi connectivity index (χ2n) is 13.2. The van der Waals surface area contributed by atoms with E-state index in [1.54, 1.807) is 43.3 Å². The molecule has 0 saturated carbocycles. The molecule has 4 rings (SSSR count). The number of halogens is 5. The molecule has 0 fully saturated rings. The van der Waals surface area contributed by atoms with Crippen molar-refractivity contribution in [3.8, 4) is 11.1 Å². The Morgan fingerprint density at radius 1 is 0.882 bits per heavy atom. The molecule has 13 heteroatoms. The van der Waals surface area contributed by atoms with Gasteiger partial charge in [-0.05, 0) is 83.0 Å². The first-order chi connectivity index (χ1) is 23.7. The maximum atomic E-state index is 14.0. The summed E-state index contributed by atoms with van der Waals surface area (Å²) < 4.78 is 70.4. The number of anilines is 1. The van der Waals surface area contributed by atoms with Gasteiger partial charge in [-0.15, -0.1) is 0 Å². The third-order valence-corrected chi connectivity index (χ3v) is 9.24. The van der Waals surface area contributed by atoms with Crippen LogP contribution >= 0.6 is 23.2 Å². The van der Waals surface area contributed by atoms with Crippen LogP contribution in [0.15, 0.2) is 84.9 Å². The number of hydrogen-bond donors (Lipinski definition) is 3. The lowest BCUT2D eigenvalue weighted by Crippen LogP contribution is -2.28. The number of carbonyl (C=O) groups excluding carboxylic acids is 2. The van der Waals surface area contributed by atoms with E-state index in [-0.39, 0.29) is 39.9 Å². The largest absolute Gasteiger partial charge is 0.416 e. The lowest BCUT2D eigenvalue weighted by molar-refractivity contribution is -0.137. The Morgan fingerprint density at radius 2 is 1.53 bits per heavy atom. The molecule has 0 saturated heterocycles. The standard InChI is InChI=1S/C38H37Cl2F3N2O5S/c1-23-19-34(33(40)22-30(23)29-14-13-28(21-32(29)39)38(41,42)43)45-36(47)31(26-9-5-24(6-10-26)15-16-37(2,3)4)20-25-7-11-27(12-8-25)35(46)44-17-18-51(48,49)50/h5-16,19,21-22,31H,17-18,20H2,1-4H3,(H,44,46)(H,45,47)(H,48,49,50). The number of benzene rings is 4. The normalized spacial score (nSPS) is 12.9. The van der Waals surface area contributed by atoms with Gasteiger partial charge in [0.25, 0.3) is 16.0 Å². The number of hydrogen-bond acceptors (Lipinski definition) is 4. The molecule has 0 aliphatic rings. The van der Waals surface area contributed by atoms with Gasteiger partial charge in [0, 0.05) is 22.7 Å². The number of alkyl halides is 3. The Bertz CT molecular complexity index is 2040. The van der Waals surface area contributed by atoms with Gasteiger partial charge in [0.1, 0.15) is 0 Å². The highest BCUT2D eigenvalue weighted by molar-refractivity contribution is 7.85. The fraction of sp³-hybridized carbons (Fsp3) is 0.263. The zero-order chi connectivity index (χ0) is 37.7. The van der Waals surface area contributed by atoms with Crippen LogP contribution in [0.25, 0.3) is 17.2 Å². The molecule has 0 spiro atoms. The molecule has 0 aromatic heterocycles. The van der Waals surface area contributed by atoms with Crippen LogP contribution in [0.4, 0.5) is 18.9 Å². The van der Waals surface area contributed by atoms with Gasteiger partial charge in [-0.2, -0.15) is 21.6 Å². The molecule has 3 N–H and O–H groups in total. The van der Waals surface area contributed by atoms with Crippen LogP contribution in [0, 0.1) is 12.3 Å². The average molecular weight is 762 g/mol. The van der Waals surface area contributed by atoms with E-state index in [0.29, 0.717) is 27.9 Å². The molecule has 0 bridgehead atoms. The van der Waals surface area contributed by atoms with Gasteiger partial charge in [0.05, 0.1) is 27.9 Å². The molecule has 0 heterocycles. The van der Waals surface area contributed by atoms with Crippen LogP contribution in [0.2, 0.25) is 10.0 Å². The van der Waals surface area contributed by atoms with E-state index in [1.807, 2.05) is 30.3 Å². The Kier molecular flexibility index (Phi) is 12.4. The van der Waals surface area contributed by atoms with Crippen molar-refractivity contribution in [1.29, 1.82) is 0 Å². The smallest absolute Gasteiger partial charge is 0.351 e. The summed E-state index contributed by atoms with van der Waals surface area (Å²) in [4.78, 5) is 26.5. The van der Waals surface area contributed by atoms with Crippen LogP contribution in [-0.4, -0.2) is 37.1 Å². The van der Waals surface area contributed by atoms with Crippen LogP contribution in [0.1, 0.15) is 64.9 Å². The molecule has 4 aromatic carbocycles. The Hall–Kier alpha value is -4.16.